The number of carbonyl (C=O) groups is 3. The molecular formula is C17H22N4O5S. The van der Waals surface area contributed by atoms with Crippen LogP contribution in [0.4, 0.5) is 0 Å². The summed E-state index contributed by atoms with van der Waals surface area (Å²) in [5.74, 6) is -1.18. The van der Waals surface area contributed by atoms with Crippen molar-refractivity contribution in [1.29, 1.82) is 0 Å². The lowest BCUT2D eigenvalue weighted by Gasteiger charge is -2.51. The van der Waals surface area contributed by atoms with Crippen LogP contribution in [0.5, 0.6) is 0 Å². The highest BCUT2D eigenvalue weighted by atomic mass is 32.2. The minimum atomic E-state index is -3.94. The zero-order valence-electron chi connectivity index (χ0n) is 15.3. The normalized spacial score (nSPS) is 26.7. The molecule has 1 aromatic carbocycles. The summed E-state index contributed by atoms with van der Waals surface area (Å²) < 4.78 is 27.7. The number of piperazine rings is 1. The lowest BCUT2D eigenvalue weighted by molar-refractivity contribution is -0.165. The predicted octanol–water partition coefficient (Wildman–Crippen LogP) is -0.789. The molecule has 1 N–H and O–H groups in total. The van der Waals surface area contributed by atoms with E-state index in [1.54, 1.807) is 32.2 Å². The van der Waals surface area contributed by atoms with Crippen molar-refractivity contribution >= 4 is 27.7 Å². The van der Waals surface area contributed by atoms with Crippen molar-refractivity contribution in [3.63, 3.8) is 0 Å². The Balaban J connectivity index is 2.07. The summed E-state index contributed by atoms with van der Waals surface area (Å²) in [6, 6.07) is 6.02. The lowest BCUT2D eigenvalue weighted by atomic mass is 10.0. The Kier molecular flexibility index (Phi) is 4.96. The number of nitrogens with one attached hydrogen (secondary N) is 1. The van der Waals surface area contributed by atoms with E-state index in [4.69, 9.17) is 0 Å². The van der Waals surface area contributed by atoms with Crippen LogP contribution in [0.25, 0.3) is 0 Å². The third-order valence-corrected chi connectivity index (χ3v) is 6.76. The van der Waals surface area contributed by atoms with Gasteiger partial charge in [-0.25, -0.2) is 8.42 Å². The number of sulfonamides is 1. The van der Waals surface area contributed by atoms with E-state index in [9.17, 15) is 22.8 Å². The Bertz CT molecular complexity index is 873. The van der Waals surface area contributed by atoms with Gasteiger partial charge < -0.3 is 15.1 Å². The molecule has 3 amide bonds. The average molecular weight is 394 g/mol. The molecule has 3 atom stereocenters. The van der Waals surface area contributed by atoms with Gasteiger partial charge in [-0.2, -0.15) is 4.31 Å². The van der Waals surface area contributed by atoms with Gasteiger partial charge in [-0.05, 0) is 19.1 Å². The average Bonchev–Trinajstić information content (AvgIpc) is 2.62. The number of hydrogen-bond donors (Lipinski definition) is 1. The van der Waals surface area contributed by atoms with Gasteiger partial charge in [-0.15, -0.1) is 0 Å². The van der Waals surface area contributed by atoms with E-state index < -0.39 is 40.1 Å². The fraction of sp³-hybridized carbons (Fsp3) is 0.471. The topological polar surface area (TPSA) is 107 Å². The van der Waals surface area contributed by atoms with E-state index in [-0.39, 0.29) is 23.9 Å². The van der Waals surface area contributed by atoms with Crippen LogP contribution in [-0.4, -0.2) is 78.6 Å². The summed E-state index contributed by atoms with van der Waals surface area (Å²) in [6.07, 6.45) is -0.828. The molecule has 0 bridgehead atoms. The number of benzene rings is 1. The van der Waals surface area contributed by atoms with Gasteiger partial charge in [0.2, 0.25) is 27.7 Å². The number of nitrogens with zero attached hydrogens (tertiary/aromatic N) is 3. The summed E-state index contributed by atoms with van der Waals surface area (Å²) in [4.78, 5) is 39.5. The van der Waals surface area contributed by atoms with Crippen LogP contribution in [0.15, 0.2) is 35.2 Å². The molecule has 1 aromatic rings. The van der Waals surface area contributed by atoms with Crippen LogP contribution >= 0.6 is 0 Å². The second kappa shape index (κ2) is 6.93. The fourth-order valence-corrected chi connectivity index (χ4v) is 5.19. The summed E-state index contributed by atoms with van der Waals surface area (Å²) in [5, 5.41) is 2.50. The molecule has 0 unspecified atom stereocenters. The molecular weight excluding hydrogens is 372 g/mol. The molecule has 2 heterocycles. The zero-order valence-corrected chi connectivity index (χ0v) is 16.1. The molecule has 2 fully saturated rings. The van der Waals surface area contributed by atoms with Crippen molar-refractivity contribution < 1.29 is 22.8 Å². The van der Waals surface area contributed by atoms with E-state index >= 15 is 0 Å². The minimum Gasteiger partial charge on any atom is -0.343 e. The molecule has 10 heteroatoms. The maximum atomic E-state index is 13.2. The van der Waals surface area contributed by atoms with Crippen LogP contribution < -0.4 is 5.32 Å². The first-order valence-corrected chi connectivity index (χ1v) is 9.99. The molecule has 2 saturated heterocycles. The quantitative estimate of drug-likeness (QED) is 0.723. The highest BCUT2D eigenvalue weighted by Gasteiger charge is 2.52. The molecule has 0 aromatic heterocycles. The SMILES string of the molecule is CC(=O)N[C@H]1CN(S(=O)(=O)c2ccccc2)[C@H]2CN(C)C(=O)[C@H](C)N2C1=O. The summed E-state index contributed by atoms with van der Waals surface area (Å²) in [6.45, 7) is 2.69. The second-order valence-electron chi connectivity index (χ2n) is 6.76. The van der Waals surface area contributed by atoms with Gasteiger partial charge in [0, 0.05) is 20.5 Å². The van der Waals surface area contributed by atoms with Gasteiger partial charge in [-0.1, -0.05) is 18.2 Å². The molecule has 0 radical (unpaired) electrons. The van der Waals surface area contributed by atoms with Crippen molar-refractivity contribution in [2.45, 2.75) is 37.0 Å². The number of carbonyl (C=O) groups excluding carboxylic acids is 3. The molecule has 146 valence electrons. The Morgan fingerprint density at radius 3 is 2.33 bits per heavy atom. The minimum absolute atomic E-state index is 0.0633. The van der Waals surface area contributed by atoms with Gasteiger partial charge in [0.15, 0.2) is 0 Å². The third-order valence-electron chi connectivity index (χ3n) is 4.88. The first-order chi connectivity index (χ1) is 12.6. The molecule has 2 aliphatic rings. The van der Waals surface area contributed by atoms with Crippen LogP contribution in [0.1, 0.15) is 13.8 Å². The van der Waals surface area contributed by atoms with Gasteiger partial charge in [0.05, 0.1) is 11.4 Å². The number of fused-ring (bicyclic) bond motifs is 1. The van der Waals surface area contributed by atoms with Crippen molar-refractivity contribution in [2.24, 2.45) is 0 Å². The largest absolute Gasteiger partial charge is 0.343 e. The van der Waals surface area contributed by atoms with Gasteiger partial charge in [-0.3, -0.25) is 14.4 Å². The summed E-state index contributed by atoms with van der Waals surface area (Å²) in [7, 11) is -2.36. The number of hydrogen-bond acceptors (Lipinski definition) is 5. The third kappa shape index (κ3) is 3.30. The molecule has 9 nitrogen and oxygen atoms in total. The van der Waals surface area contributed by atoms with Gasteiger partial charge in [0.25, 0.3) is 0 Å². The van der Waals surface area contributed by atoms with Crippen molar-refractivity contribution in [3.05, 3.63) is 30.3 Å². The van der Waals surface area contributed by atoms with Crippen molar-refractivity contribution in [1.82, 2.24) is 19.4 Å². The molecule has 3 rings (SSSR count). The Labute approximate surface area is 158 Å². The van der Waals surface area contributed by atoms with E-state index in [2.05, 4.69) is 5.32 Å². The molecule has 0 spiro atoms. The Hall–Kier alpha value is -2.46. The van der Waals surface area contributed by atoms with Gasteiger partial charge in [0.1, 0.15) is 18.2 Å². The molecule has 0 saturated carbocycles. The zero-order chi connectivity index (χ0) is 19.9. The van der Waals surface area contributed by atoms with E-state index in [1.165, 1.54) is 33.2 Å². The fourth-order valence-electron chi connectivity index (χ4n) is 3.59. The Morgan fingerprint density at radius 1 is 1.11 bits per heavy atom. The molecule has 27 heavy (non-hydrogen) atoms. The number of likely N-dealkylation sites (N-methyl/N-ethyl adjacent to an activating group) is 1. The first-order valence-electron chi connectivity index (χ1n) is 8.55. The first kappa shape index (κ1) is 19.3. The second-order valence-corrected chi connectivity index (χ2v) is 8.65. The van der Waals surface area contributed by atoms with Crippen LogP contribution in [0.2, 0.25) is 0 Å². The van der Waals surface area contributed by atoms with Crippen LogP contribution in [0.3, 0.4) is 0 Å². The van der Waals surface area contributed by atoms with E-state index in [0.29, 0.717) is 0 Å². The van der Waals surface area contributed by atoms with E-state index in [1.807, 2.05) is 0 Å². The maximum Gasteiger partial charge on any atom is 0.248 e. The van der Waals surface area contributed by atoms with Crippen LogP contribution in [-0.2, 0) is 24.4 Å². The van der Waals surface area contributed by atoms with Crippen molar-refractivity contribution in [3.8, 4) is 0 Å². The van der Waals surface area contributed by atoms with Crippen molar-refractivity contribution in [2.75, 3.05) is 20.1 Å². The smallest absolute Gasteiger partial charge is 0.248 e. The highest BCUT2D eigenvalue weighted by Crippen LogP contribution is 2.29. The summed E-state index contributed by atoms with van der Waals surface area (Å²) >= 11 is 0. The number of rotatable bonds is 3. The predicted molar refractivity (Wildman–Crippen MR) is 95.7 cm³/mol. The standard InChI is InChI=1S/C17H22N4O5S/c1-11-16(23)19(3)10-15-20(27(25,26)13-7-5-4-6-8-13)9-14(18-12(2)22)17(24)21(11)15/h4-8,11,14-15H,9-10H2,1-3H3,(H,18,22)/t11-,14-,15+/m0/s1. The van der Waals surface area contributed by atoms with Crippen LogP contribution in [0, 0.1) is 0 Å². The molecule has 2 aliphatic heterocycles. The van der Waals surface area contributed by atoms with E-state index in [0.717, 1.165) is 0 Å². The summed E-state index contributed by atoms with van der Waals surface area (Å²) in [5.41, 5.74) is 0. The lowest BCUT2D eigenvalue weighted by Crippen LogP contribution is -2.74. The highest BCUT2D eigenvalue weighted by molar-refractivity contribution is 7.89. The molecule has 0 aliphatic carbocycles. The monoisotopic (exact) mass is 394 g/mol. The number of amides is 3. The maximum absolute atomic E-state index is 13.2. The Morgan fingerprint density at radius 2 is 1.74 bits per heavy atom. The van der Waals surface area contributed by atoms with Gasteiger partial charge >= 0.3 is 0 Å².